The molecule has 5 rings (SSSR count). The zero-order valence-electron chi connectivity index (χ0n) is 16.2. The third-order valence-electron chi connectivity index (χ3n) is 4.93. The Morgan fingerprint density at radius 1 is 1.06 bits per heavy atom. The molecule has 4 aromatic rings. The van der Waals surface area contributed by atoms with Gasteiger partial charge in [0.1, 0.15) is 9.71 Å². The van der Waals surface area contributed by atoms with Crippen molar-refractivity contribution in [3.63, 3.8) is 0 Å². The Morgan fingerprint density at radius 2 is 1.84 bits per heavy atom. The van der Waals surface area contributed by atoms with E-state index in [2.05, 4.69) is 15.6 Å². The molecule has 1 fully saturated rings. The van der Waals surface area contributed by atoms with E-state index in [0.717, 1.165) is 18.4 Å². The highest BCUT2D eigenvalue weighted by Crippen LogP contribution is 2.41. The molecule has 6 nitrogen and oxygen atoms in total. The van der Waals surface area contributed by atoms with Crippen LogP contribution in [-0.2, 0) is 0 Å². The van der Waals surface area contributed by atoms with E-state index in [1.165, 1.54) is 11.3 Å². The largest absolute Gasteiger partial charge is 0.397 e. The summed E-state index contributed by atoms with van der Waals surface area (Å²) in [4.78, 5) is 23.3. The lowest BCUT2D eigenvalue weighted by Gasteiger charge is -2.09. The van der Waals surface area contributed by atoms with Crippen LogP contribution < -0.4 is 16.4 Å². The molecular formula is C22H17Cl2N5OS. The van der Waals surface area contributed by atoms with Gasteiger partial charge in [0.2, 0.25) is 5.95 Å². The fourth-order valence-corrected chi connectivity index (χ4v) is 4.52. The number of para-hydroxylation sites is 1. The molecule has 31 heavy (non-hydrogen) atoms. The predicted molar refractivity (Wildman–Crippen MR) is 128 cm³/mol. The number of nitrogens with zero attached hydrogens (tertiary/aromatic N) is 2. The fraction of sp³-hybridized carbons (Fsp3) is 0.136. The van der Waals surface area contributed by atoms with Crippen LogP contribution in [0.5, 0.6) is 0 Å². The summed E-state index contributed by atoms with van der Waals surface area (Å²) < 4.78 is 0. The van der Waals surface area contributed by atoms with Crippen molar-refractivity contribution in [2.75, 3.05) is 16.4 Å². The molecule has 1 aliphatic rings. The first kappa shape index (κ1) is 20.1. The molecule has 0 unspecified atom stereocenters. The van der Waals surface area contributed by atoms with E-state index < -0.39 is 0 Å². The average molecular weight is 470 g/mol. The molecule has 1 aliphatic carbocycles. The molecular weight excluding hydrogens is 453 g/mol. The minimum Gasteiger partial charge on any atom is -0.397 e. The third kappa shape index (κ3) is 4.04. The second-order valence-electron chi connectivity index (χ2n) is 7.29. The number of nitrogens with one attached hydrogen (secondary N) is 2. The van der Waals surface area contributed by atoms with Gasteiger partial charge < -0.3 is 16.4 Å². The summed E-state index contributed by atoms with van der Waals surface area (Å²) in [5.74, 6) is 0.218. The van der Waals surface area contributed by atoms with E-state index in [4.69, 9.17) is 33.9 Å². The quantitative estimate of drug-likeness (QED) is 0.329. The number of fused-ring (bicyclic) bond motifs is 1. The number of hydrogen-bond donors (Lipinski definition) is 3. The number of halogens is 2. The maximum atomic E-state index is 12.9. The molecule has 0 radical (unpaired) electrons. The number of benzene rings is 2. The molecule has 9 heteroatoms. The Bertz CT molecular complexity index is 1300. The Labute approximate surface area is 192 Å². The Morgan fingerprint density at radius 3 is 2.55 bits per heavy atom. The highest BCUT2D eigenvalue weighted by molar-refractivity contribution is 7.21. The SMILES string of the molecule is Nc1c(C(=O)Nc2ccccc2)sc2nc(NC3CC3)nc(-c3ccc(Cl)c(Cl)c3)c12. The number of anilines is 3. The van der Waals surface area contributed by atoms with Crippen molar-refractivity contribution < 1.29 is 4.79 Å². The Kier molecular flexibility index (Phi) is 5.17. The smallest absolute Gasteiger partial charge is 0.267 e. The van der Waals surface area contributed by atoms with Gasteiger partial charge >= 0.3 is 0 Å². The van der Waals surface area contributed by atoms with Crippen LogP contribution in [-0.4, -0.2) is 21.9 Å². The van der Waals surface area contributed by atoms with Gasteiger partial charge in [-0.15, -0.1) is 11.3 Å². The van der Waals surface area contributed by atoms with Crippen LogP contribution in [0.4, 0.5) is 17.3 Å². The molecule has 2 aromatic carbocycles. The van der Waals surface area contributed by atoms with Gasteiger partial charge in [-0.25, -0.2) is 9.97 Å². The minimum atomic E-state index is -0.288. The van der Waals surface area contributed by atoms with Crippen molar-refractivity contribution >= 4 is 68.0 Å². The average Bonchev–Trinajstić information content (AvgIpc) is 3.51. The monoisotopic (exact) mass is 469 g/mol. The van der Waals surface area contributed by atoms with Crippen molar-refractivity contribution in [2.45, 2.75) is 18.9 Å². The molecule has 2 heterocycles. The molecule has 0 spiro atoms. The summed E-state index contributed by atoms with van der Waals surface area (Å²) in [5, 5.41) is 7.70. The third-order valence-corrected chi connectivity index (χ3v) is 6.77. The first-order valence-corrected chi connectivity index (χ1v) is 11.2. The second kappa shape index (κ2) is 8.00. The molecule has 0 atom stereocenters. The summed E-state index contributed by atoms with van der Waals surface area (Å²) in [6.07, 6.45) is 2.17. The van der Waals surface area contributed by atoms with E-state index in [-0.39, 0.29) is 5.91 Å². The lowest BCUT2D eigenvalue weighted by atomic mass is 10.1. The first-order chi connectivity index (χ1) is 15.0. The summed E-state index contributed by atoms with van der Waals surface area (Å²) in [7, 11) is 0. The van der Waals surface area contributed by atoms with Gasteiger partial charge in [0.05, 0.1) is 26.8 Å². The van der Waals surface area contributed by atoms with Crippen LogP contribution >= 0.6 is 34.5 Å². The molecule has 4 N–H and O–H groups in total. The molecule has 2 aromatic heterocycles. The van der Waals surface area contributed by atoms with Crippen molar-refractivity contribution in [2.24, 2.45) is 0 Å². The van der Waals surface area contributed by atoms with Crippen LogP contribution in [0.25, 0.3) is 21.5 Å². The second-order valence-corrected chi connectivity index (χ2v) is 9.10. The Hall–Kier alpha value is -2.87. The number of aromatic nitrogens is 2. The number of hydrogen-bond acceptors (Lipinski definition) is 6. The molecule has 0 bridgehead atoms. The van der Waals surface area contributed by atoms with E-state index in [9.17, 15) is 4.79 Å². The molecule has 0 aliphatic heterocycles. The van der Waals surface area contributed by atoms with E-state index in [0.29, 0.717) is 54.2 Å². The molecule has 156 valence electrons. The van der Waals surface area contributed by atoms with Gasteiger partial charge in [0.25, 0.3) is 5.91 Å². The summed E-state index contributed by atoms with van der Waals surface area (Å²) in [6.45, 7) is 0. The maximum absolute atomic E-state index is 12.9. The van der Waals surface area contributed by atoms with E-state index >= 15 is 0 Å². The normalized spacial score (nSPS) is 13.4. The van der Waals surface area contributed by atoms with Gasteiger partial charge in [-0.05, 0) is 37.1 Å². The van der Waals surface area contributed by atoms with Crippen LogP contribution in [0.1, 0.15) is 22.5 Å². The summed E-state index contributed by atoms with van der Waals surface area (Å²) in [5.41, 5.74) is 8.85. The number of carbonyl (C=O) groups excluding carboxylic acids is 1. The lowest BCUT2D eigenvalue weighted by Crippen LogP contribution is -2.11. The maximum Gasteiger partial charge on any atom is 0.267 e. The van der Waals surface area contributed by atoms with Crippen molar-refractivity contribution in [1.29, 1.82) is 0 Å². The zero-order valence-corrected chi connectivity index (χ0v) is 18.5. The number of nitrogens with two attached hydrogens (primary N) is 1. The summed E-state index contributed by atoms with van der Waals surface area (Å²) in [6, 6.07) is 14.9. The number of nitrogen functional groups attached to an aromatic ring is 1. The van der Waals surface area contributed by atoms with Crippen molar-refractivity contribution in [1.82, 2.24) is 9.97 Å². The summed E-state index contributed by atoms with van der Waals surface area (Å²) >= 11 is 13.6. The van der Waals surface area contributed by atoms with Crippen molar-refractivity contribution in [3.05, 3.63) is 63.5 Å². The fourth-order valence-electron chi connectivity index (χ4n) is 3.23. The number of carbonyl (C=O) groups is 1. The van der Waals surface area contributed by atoms with Crippen molar-refractivity contribution in [3.8, 4) is 11.3 Å². The van der Waals surface area contributed by atoms with E-state index in [1.807, 2.05) is 36.4 Å². The number of amides is 1. The first-order valence-electron chi connectivity index (χ1n) is 9.68. The molecule has 1 amide bonds. The predicted octanol–water partition coefficient (Wildman–Crippen LogP) is 6.07. The van der Waals surface area contributed by atoms with Gasteiger partial charge in [-0.2, -0.15) is 0 Å². The van der Waals surface area contributed by atoms with Crippen LogP contribution in [0.2, 0.25) is 10.0 Å². The van der Waals surface area contributed by atoms with Crippen LogP contribution in [0.3, 0.4) is 0 Å². The highest BCUT2D eigenvalue weighted by atomic mass is 35.5. The van der Waals surface area contributed by atoms with E-state index in [1.54, 1.807) is 12.1 Å². The van der Waals surface area contributed by atoms with Crippen LogP contribution in [0.15, 0.2) is 48.5 Å². The zero-order chi connectivity index (χ0) is 21.5. The van der Waals surface area contributed by atoms with Gasteiger partial charge in [0.15, 0.2) is 0 Å². The standard InChI is InChI=1S/C22H17Cl2N5OS/c23-14-9-6-11(10-15(14)24)18-16-17(25)19(20(30)26-12-4-2-1-3-5-12)31-21(16)29-22(28-18)27-13-7-8-13/h1-6,9-10,13H,7-8,25H2,(H,26,30)(H,27,28,29). The number of thiophene rings is 1. The van der Waals surface area contributed by atoms with Gasteiger partial charge in [-0.1, -0.05) is 47.5 Å². The minimum absolute atomic E-state index is 0.288. The number of rotatable bonds is 5. The lowest BCUT2D eigenvalue weighted by molar-refractivity contribution is 0.103. The van der Waals surface area contributed by atoms with Gasteiger partial charge in [-0.3, -0.25) is 4.79 Å². The molecule has 0 saturated heterocycles. The Balaban J connectivity index is 1.63. The van der Waals surface area contributed by atoms with Crippen LogP contribution in [0, 0.1) is 0 Å². The molecule has 1 saturated carbocycles. The topological polar surface area (TPSA) is 92.9 Å². The highest BCUT2D eigenvalue weighted by Gasteiger charge is 2.26. The van der Waals surface area contributed by atoms with Gasteiger partial charge in [0, 0.05) is 17.3 Å².